The van der Waals surface area contributed by atoms with Crippen LogP contribution in [-0.2, 0) is 10.0 Å². The highest BCUT2D eigenvalue weighted by molar-refractivity contribution is 7.89. The molecule has 0 aliphatic carbocycles. The van der Waals surface area contributed by atoms with Gasteiger partial charge in [-0.25, -0.2) is 8.42 Å². The van der Waals surface area contributed by atoms with Crippen LogP contribution in [0.25, 0.3) is 0 Å². The van der Waals surface area contributed by atoms with Crippen molar-refractivity contribution in [2.24, 2.45) is 5.41 Å². The largest absolute Gasteiger partial charge is 0.389 e. The molecule has 1 fully saturated rings. The Morgan fingerprint density at radius 1 is 1.33 bits per heavy atom. The van der Waals surface area contributed by atoms with Gasteiger partial charge in [-0.2, -0.15) is 4.31 Å². The van der Waals surface area contributed by atoms with E-state index in [0.29, 0.717) is 18.7 Å². The summed E-state index contributed by atoms with van der Waals surface area (Å²) in [7, 11) is -3.46. The highest BCUT2D eigenvalue weighted by Crippen LogP contribution is 2.39. The molecule has 0 radical (unpaired) electrons. The number of aliphatic hydroxyl groups excluding tert-OH is 1. The number of hydrogen-bond acceptors (Lipinski definition) is 3. The number of rotatable bonds is 5. The first-order chi connectivity index (χ1) is 9.84. The van der Waals surface area contributed by atoms with Crippen molar-refractivity contribution < 1.29 is 13.5 Å². The van der Waals surface area contributed by atoms with Crippen LogP contribution in [0.3, 0.4) is 0 Å². The van der Waals surface area contributed by atoms with E-state index < -0.39 is 16.1 Å². The minimum atomic E-state index is -3.46. The summed E-state index contributed by atoms with van der Waals surface area (Å²) in [6.45, 7) is 7.09. The molecule has 1 aromatic rings. The van der Waals surface area contributed by atoms with Crippen molar-refractivity contribution in [3.8, 4) is 0 Å². The molecule has 0 saturated carbocycles. The molecule has 1 aromatic carbocycles. The highest BCUT2D eigenvalue weighted by Gasteiger charge is 2.40. The van der Waals surface area contributed by atoms with Crippen molar-refractivity contribution in [2.45, 2.75) is 51.0 Å². The molecular formula is C16H25NO3S. The fourth-order valence-electron chi connectivity index (χ4n) is 3.01. The summed E-state index contributed by atoms with van der Waals surface area (Å²) in [6.07, 6.45) is 2.27. The summed E-state index contributed by atoms with van der Waals surface area (Å²) in [5.74, 6) is 0. The molecule has 1 N–H and O–H groups in total. The number of hydrogen-bond donors (Lipinski definition) is 1. The third kappa shape index (κ3) is 3.15. The lowest BCUT2D eigenvalue weighted by molar-refractivity contribution is 0.199. The van der Waals surface area contributed by atoms with Gasteiger partial charge in [0.1, 0.15) is 0 Å². The van der Waals surface area contributed by atoms with Crippen LogP contribution < -0.4 is 0 Å². The van der Waals surface area contributed by atoms with Crippen LogP contribution in [0.15, 0.2) is 29.2 Å². The maximum absolute atomic E-state index is 12.8. The average Bonchev–Trinajstić information content (AvgIpc) is 2.93. The van der Waals surface area contributed by atoms with Crippen molar-refractivity contribution in [1.82, 2.24) is 4.31 Å². The average molecular weight is 311 g/mol. The Morgan fingerprint density at radius 2 is 2.00 bits per heavy atom. The standard InChI is InChI=1S/C16H25NO3S/c1-4-16(5-2)9-10-17(12-16)21(19,20)15-8-6-7-14(11-15)13(3)18/h6-8,11,13,18H,4-5,9-10,12H2,1-3H3. The Labute approximate surface area is 127 Å². The van der Waals surface area contributed by atoms with Crippen molar-refractivity contribution >= 4 is 10.0 Å². The molecule has 0 spiro atoms. The molecule has 1 heterocycles. The lowest BCUT2D eigenvalue weighted by Gasteiger charge is -2.26. The molecule has 1 saturated heterocycles. The topological polar surface area (TPSA) is 57.6 Å². The van der Waals surface area contributed by atoms with E-state index in [1.807, 2.05) is 0 Å². The first-order valence-corrected chi connectivity index (χ1v) is 9.07. The third-order valence-electron chi connectivity index (χ3n) is 4.88. The van der Waals surface area contributed by atoms with Crippen molar-refractivity contribution in [2.75, 3.05) is 13.1 Å². The Bertz CT molecular complexity index is 591. The predicted octanol–water partition coefficient (Wildman–Crippen LogP) is 2.94. The maximum atomic E-state index is 12.8. The molecule has 1 aliphatic rings. The molecule has 0 amide bonds. The van der Waals surface area contributed by atoms with Gasteiger partial charge in [-0.1, -0.05) is 26.0 Å². The minimum Gasteiger partial charge on any atom is -0.389 e. The summed E-state index contributed by atoms with van der Waals surface area (Å²) in [5, 5.41) is 9.63. The molecule has 0 aromatic heterocycles. The van der Waals surface area contributed by atoms with E-state index in [2.05, 4.69) is 13.8 Å². The number of sulfonamides is 1. The van der Waals surface area contributed by atoms with Gasteiger partial charge in [-0.3, -0.25) is 0 Å². The SMILES string of the molecule is CCC1(CC)CCN(S(=O)(=O)c2cccc(C(C)O)c2)C1. The normalized spacial score (nSPS) is 20.6. The Balaban J connectivity index is 2.29. The predicted molar refractivity (Wildman–Crippen MR) is 83.5 cm³/mol. The first kappa shape index (κ1) is 16.5. The minimum absolute atomic E-state index is 0.120. The lowest BCUT2D eigenvalue weighted by atomic mass is 9.82. The zero-order chi connectivity index (χ0) is 15.7. The summed E-state index contributed by atoms with van der Waals surface area (Å²) in [5.41, 5.74) is 0.752. The zero-order valence-corrected chi connectivity index (χ0v) is 13.9. The van der Waals surface area contributed by atoms with Crippen LogP contribution in [0.1, 0.15) is 51.7 Å². The molecule has 1 atom stereocenters. The van der Waals surface area contributed by atoms with Crippen molar-refractivity contribution in [3.05, 3.63) is 29.8 Å². The van der Waals surface area contributed by atoms with Gasteiger partial charge in [0, 0.05) is 13.1 Å². The molecule has 2 rings (SSSR count). The quantitative estimate of drug-likeness (QED) is 0.909. The number of nitrogens with zero attached hydrogens (tertiary/aromatic N) is 1. The van der Waals surface area contributed by atoms with Gasteiger partial charge in [0.25, 0.3) is 0 Å². The van der Waals surface area contributed by atoms with E-state index in [4.69, 9.17) is 0 Å². The lowest BCUT2D eigenvalue weighted by Crippen LogP contribution is -2.32. The second kappa shape index (κ2) is 6.07. The van der Waals surface area contributed by atoms with Gasteiger partial charge in [0.15, 0.2) is 0 Å². The third-order valence-corrected chi connectivity index (χ3v) is 6.72. The van der Waals surface area contributed by atoms with Crippen LogP contribution >= 0.6 is 0 Å². The molecule has 118 valence electrons. The van der Waals surface area contributed by atoms with Crippen LogP contribution in [-0.4, -0.2) is 30.9 Å². The fraction of sp³-hybridized carbons (Fsp3) is 0.625. The van der Waals surface area contributed by atoms with Gasteiger partial charge < -0.3 is 5.11 Å². The first-order valence-electron chi connectivity index (χ1n) is 7.63. The van der Waals surface area contributed by atoms with E-state index in [1.54, 1.807) is 35.5 Å². The van der Waals surface area contributed by atoms with Crippen molar-refractivity contribution in [1.29, 1.82) is 0 Å². The van der Waals surface area contributed by atoms with Crippen LogP contribution in [0, 0.1) is 5.41 Å². The Kier molecular flexibility index (Phi) is 4.76. The van der Waals surface area contributed by atoms with E-state index in [0.717, 1.165) is 19.3 Å². The van der Waals surface area contributed by atoms with Gasteiger partial charge in [-0.15, -0.1) is 0 Å². The summed E-state index contributed by atoms with van der Waals surface area (Å²) < 4.78 is 27.1. The fourth-order valence-corrected chi connectivity index (χ4v) is 4.62. The Morgan fingerprint density at radius 3 is 2.52 bits per heavy atom. The molecule has 21 heavy (non-hydrogen) atoms. The molecule has 1 unspecified atom stereocenters. The van der Waals surface area contributed by atoms with Gasteiger partial charge in [0.05, 0.1) is 11.0 Å². The summed E-state index contributed by atoms with van der Waals surface area (Å²) in [4.78, 5) is 0.281. The maximum Gasteiger partial charge on any atom is 0.243 e. The van der Waals surface area contributed by atoms with Gasteiger partial charge in [0.2, 0.25) is 10.0 Å². The van der Waals surface area contributed by atoms with Crippen LogP contribution in [0.5, 0.6) is 0 Å². The number of benzene rings is 1. The van der Waals surface area contributed by atoms with E-state index in [9.17, 15) is 13.5 Å². The molecule has 4 nitrogen and oxygen atoms in total. The monoisotopic (exact) mass is 311 g/mol. The molecular weight excluding hydrogens is 286 g/mol. The van der Waals surface area contributed by atoms with E-state index in [-0.39, 0.29) is 10.3 Å². The Hall–Kier alpha value is -0.910. The summed E-state index contributed by atoms with van der Waals surface area (Å²) in [6, 6.07) is 6.63. The smallest absolute Gasteiger partial charge is 0.243 e. The van der Waals surface area contributed by atoms with Crippen molar-refractivity contribution in [3.63, 3.8) is 0 Å². The zero-order valence-electron chi connectivity index (χ0n) is 13.0. The van der Waals surface area contributed by atoms with E-state index >= 15 is 0 Å². The molecule has 1 aliphatic heterocycles. The second-order valence-corrected chi connectivity index (χ2v) is 7.98. The number of aliphatic hydroxyl groups is 1. The van der Waals surface area contributed by atoms with Gasteiger partial charge in [-0.05, 0) is 49.3 Å². The highest BCUT2D eigenvalue weighted by atomic mass is 32.2. The van der Waals surface area contributed by atoms with E-state index in [1.165, 1.54) is 0 Å². The molecule has 0 bridgehead atoms. The van der Waals surface area contributed by atoms with Gasteiger partial charge >= 0.3 is 0 Å². The summed E-state index contributed by atoms with van der Waals surface area (Å²) >= 11 is 0. The van der Waals surface area contributed by atoms with Crippen LogP contribution in [0.2, 0.25) is 0 Å². The second-order valence-electron chi connectivity index (χ2n) is 6.04. The van der Waals surface area contributed by atoms with Crippen LogP contribution in [0.4, 0.5) is 0 Å². The molecule has 5 heteroatoms.